The summed E-state index contributed by atoms with van der Waals surface area (Å²) >= 11 is 2.96. The fourth-order valence-corrected chi connectivity index (χ4v) is 6.95. The number of carbonyl (C=O) groups is 3. The zero-order valence-corrected chi connectivity index (χ0v) is 27.3. The lowest BCUT2D eigenvalue weighted by molar-refractivity contribution is -0.125. The smallest absolute Gasteiger partial charge is 0.253 e. The third-order valence-corrected chi connectivity index (χ3v) is 9.62. The topological polar surface area (TPSA) is 96.5 Å². The lowest BCUT2D eigenvalue weighted by Gasteiger charge is -2.27. The highest BCUT2D eigenvalue weighted by Gasteiger charge is 2.30. The molecule has 1 fully saturated rings. The van der Waals surface area contributed by atoms with Crippen molar-refractivity contribution in [1.82, 2.24) is 16.0 Å². The first-order chi connectivity index (χ1) is 22.4. The molecule has 1 amide bonds. The maximum Gasteiger partial charge on any atom is 0.253 e. The average molecular weight is 660 g/mol. The summed E-state index contributed by atoms with van der Waals surface area (Å²) < 4.78 is 20.0. The highest BCUT2D eigenvalue weighted by molar-refractivity contribution is 8.14. The molecule has 7 nitrogen and oxygen atoms in total. The second kappa shape index (κ2) is 16.7. The zero-order valence-electron chi connectivity index (χ0n) is 25.6. The minimum atomic E-state index is -0.655. The number of hydrogen-bond acceptors (Lipinski definition) is 8. The van der Waals surface area contributed by atoms with Crippen LogP contribution in [-0.4, -0.2) is 65.5 Å². The lowest BCUT2D eigenvalue weighted by Crippen LogP contribution is -2.44. The molecule has 3 aromatic rings. The van der Waals surface area contributed by atoms with Crippen LogP contribution < -0.4 is 16.0 Å². The van der Waals surface area contributed by atoms with E-state index in [0.29, 0.717) is 47.7 Å². The summed E-state index contributed by atoms with van der Waals surface area (Å²) in [4.78, 5) is 39.6. The molecule has 0 aliphatic carbocycles. The third-order valence-electron chi connectivity index (χ3n) is 7.84. The Bertz CT molecular complexity index is 1550. The van der Waals surface area contributed by atoms with Gasteiger partial charge < -0.3 is 20.7 Å². The summed E-state index contributed by atoms with van der Waals surface area (Å²) in [5, 5.41) is 9.92. The van der Waals surface area contributed by atoms with Crippen molar-refractivity contribution in [3.63, 3.8) is 0 Å². The van der Waals surface area contributed by atoms with E-state index < -0.39 is 18.2 Å². The molecule has 46 heavy (non-hydrogen) atoms. The Morgan fingerprint density at radius 2 is 1.72 bits per heavy atom. The molecule has 3 aromatic carbocycles. The molecule has 3 N–H and O–H groups in total. The van der Waals surface area contributed by atoms with Crippen LogP contribution in [0.3, 0.4) is 0 Å². The Balaban J connectivity index is 1.23. The van der Waals surface area contributed by atoms with Crippen LogP contribution in [-0.2, 0) is 20.7 Å². The van der Waals surface area contributed by atoms with Gasteiger partial charge in [0.05, 0.1) is 23.9 Å². The molecular weight excluding hydrogens is 622 g/mol. The van der Waals surface area contributed by atoms with Gasteiger partial charge in [0.15, 0.2) is 5.78 Å². The maximum absolute atomic E-state index is 13.8. The fraction of sp³-hybridized carbons (Fsp3) is 0.306. The van der Waals surface area contributed by atoms with Gasteiger partial charge in [-0.3, -0.25) is 14.4 Å². The molecule has 240 valence electrons. The number of amides is 1. The molecular formula is C36H38FN3O4S2. The molecule has 0 bridgehead atoms. The first kappa shape index (κ1) is 33.7. The van der Waals surface area contributed by atoms with Gasteiger partial charge in [-0.05, 0) is 72.4 Å². The Morgan fingerprint density at radius 3 is 2.43 bits per heavy atom. The number of ether oxygens (including phenoxy) is 1. The molecule has 2 aliphatic rings. The number of hydrogen-bond donors (Lipinski definition) is 3. The molecule has 10 heteroatoms. The van der Waals surface area contributed by atoms with E-state index in [1.165, 1.54) is 23.9 Å². The highest BCUT2D eigenvalue weighted by Crippen LogP contribution is 2.27. The number of carbonyl (C=O) groups excluding carboxylic acids is 3. The molecule has 5 rings (SSSR count). The van der Waals surface area contributed by atoms with Crippen LogP contribution >= 0.6 is 23.5 Å². The number of Topliss-reactive ketones (excluding diaryl/α,β-unsaturated/α-hetero) is 1. The zero-order chi connectivity index (χ0) is 32.3. The molecule has 1 unspecified atom stereocenters. The van der Waals surface area contributed by atoms with Gasteiger partial charge in [-0.25, -0.2) is 4.39 Å². The molecule has 0 radical (unpaired) electrons. The van der Waals surface area contributed by atoms with Crippen molar-refractivity contribution in [2.24, 2.45) is 0 Å². The monoisotopic (exact) mass is 659 g/mol. The van der Waals surface area contributed by atoms with Crippen molar-refractivity contribution in [2.45, 2.75) is 42.8 Å². The number of ketones is 1. The van der Waals surface area contributed by atoms with E-state index in [9.17, 15) is 18.8 Å². The van der Waals surface area contributed by atoms with Gasteiger partial charge in [-0.1, -0.05) is 72.4 Å². The van der Waals surface area contributed by atoms with Gasteiger partial charge in [0, 0.05) is 29.8 Å². The van der Waals surface area contributed by atoms with Gasteiger partial charge in [-0.15, -0.1) is 0 Å². The molecule has 0 spiro atoms. The third kappa shape index (κ3) is 9.42. The predicted octanol–water partition coefficient (Wildman–Crippen LogP) is 5.39. The molecule has 0 aromatic heterocycles. The second-order valence-electron chi connectivity index (χ2n) is 11.2. The van der Waals surface area contributed by atoms with Crippen LogP contribution in [0.5, 0.6) is 0 Å². The molecule has 2 aliphatic heterocycles. The number of thioether (sulfide) groups is 2. The summed E-state index contributed by atoms with van der Waals surface area (Å²) in [6.07, 6.45) is 6.40. The van der Waals surface area contributed by atoms with Crippen LogP contribution in [0.15, 0.2) is 103 Å². The Labute approximate surface area is 277 Å². The first-order valence-electron chi connectivity index (χ1n) is 15.3. The summed E-state index contributed by atoms with van der Waals surface area (Å²) in [5.74, 6) is -0.121. The van der Waals surface area contributed by atoms with Gasteiger partial charge in [0.25, 0.3) is 5.91 Å². The maximum atomic E-state index is 13.8. The first-order valence-corrected chi connectivity index (χ1v) is 17.6. The van der Waals surface area contributed by atoms with Crippen LogP contribution in [0.1, 0.15) is 34.3 Å². The van der Waals surface area contributed by atoms with Crippen molar-refractivity contribution < 1.29 is 23.5 Å². The summed E-state index contributed by atoms with van der Waals surface area (Å²) in [7, 11) is 0. The van der Waals surface area contributed by atoms with E-state index in [0.717, 1.165) is 12.0 Å². The van der Waals surface area contributed by atoms with Crippen LogP contribution in [0.25, 0.3) is 5.70 Å². The van der Waals surface area contributed by atoms with Gasteiger partial charge in [-0.2, -0.15) is 11.8 Å². The van der Waals surface area contributed by atoms with Gasteiger partial charge >= 0.3 is 0 Å². The molecule has 0 saturated carbocycles. The SMILES string of the molecule is CSCC[C@H](NC(=O)C1=C(c2ccc(F)cc2)NC(OC[C@@H]2C[C@H](SC(=O)c3ccccc3)CN2)C=C1)C(=O)Cc1ccccc1. The number of halogens is 1. The minimum Gasteiger partial charge on any atom is -0.356 e. The van der Waals surface area contributed by atoms with Crippen molar-refractivity contribution >= 4 is 46.0 Å². The summed E-state index contributed by atoms with van der Waals surface area (Å²) in [6.45, 7) is 1.10. The van der Waals surface area contributed by atoms with E-state index in [1.54, 1.807) is 36.0 Å². The van der Waals surface area contributed by atoms with Crippen molar-refractivity contribution in [2.75, 3.05) is 25.2 Å². The van der Waals surface area contributed by atoms with Gasteiger partial charge in [0.1, 0.15) is 12.0 Å². The van der Waals surface area contributed by atoms with E-state index in [-0.39, 0.29) is 34.4 Å². The number of dihydropyridines is 1. The minimum absolute atomic E-state index is 0.0579. The largest absolute Gasteiger partial charge is 0.356 e. The highest BCUT2D eigenvalue weighted by atomic mass is 32.2. The standard InChI is InChI=1S/C36H38FN3O4S2/c1-45-19-18-31(32(41)20-24-8-4-2-5-9-24)39-35(42)30-16-17-33(40-34(30)25-12-14-27(37)15-13-25)44-23-28-21-29(22-38-28)46-36(43)26-10-6-3-7-11-26/h2-17,28-29,31,33,38,40H,18-23H2,1H3,(H,39,42)/t28-,29-,31-,33?/m0/s1. The number of nitrogens with one attached hydrogen (secondary N) is 3. The van der Waals surface area contributed by atoms with Crippen LogP contribution in [0, 0.1) is 5.82 Å². The number of benzene rings is 3. The Hall–Kier alpha value is -3.70. The van der Waals surface area contributed by atoms with E-state index >= 15 is 0 Å². The molecule has 2 heterocycles. The second-order valence-corrected chi connectivity index (χ2v) is 13.5. The predicted molar refractivity (Wildman–Crippen MR) is 184 cm³/mol. The normalized spacial score (nSPS) is 19.8. The van der Waals surface area contributed by atoms with E-state index in [1.807, 2.05) is 66.9 Å². The van der Waals surface area contributed by atoms with Crippen molar-refractivity contribution in [3.05, 3.63) is 125 Å². The van der Waals surface area contributed by atoms with Crippen molar-refractivity contribution in [1.29, 1.82) is 0 Å². The Kier molecular flexibility index (Phi) is 12.2. The quantitative estimate of drug-likeness (QED) is 0.212. The van der Waals surface area contributed by atoms with Crippen LogP contribution in [0.2, 0.25) is 0 Å². The lowest BCUT2D eigenvalue weighted by atomic mass is 9.99. The average Bonchev–Trinajstić information content (AvgIpc) is 3.53. The summed E-state index contributed by atoms with van der Waals surface area (Å²) in [6, 6.07) is 24.1. The van der Waals surface area contributed by atoms with Crippen molar-refractivity contribution in [3.8, 4) is 0 Å². The Morgan fingerprint density at radius 1 is 1.00 bits per heavy atom. The molecule has 4 atom stereocenters. The van der Waals surface area contributed by atoms with Gasteiger partial charge in [0.2, 0.25) is 5.12 Å². The van der Waals surface area contributed by atoms with E-state index in [4.69, 9.17) is 4.74 Å². The van der Waals surface area contributed by atoms with E-state index in [2.05, 4.69) is 16.0 Å². The molecule has 1 saturated heterocycles. The number of rotatable bonds is 14. The van der Waals surface area contributed by atoms with Crippen LogP contribution in [0.4, 0.5) is 4.39 Å². The summed E-state index contributed by atoms with van der Waals surface area (Å²) in [5.41, 5.74) is 3.04. The fourth-order valence-electron chi connectivity index (χ4n) is 5.39.